The zero-order chi connectivity index (χ0) is 14.1. The van der Waals surface area contributed by atoms with Gasteiger partial charge < -0.3 is 11.1 Å². The Morgan fingerprint density at radius 2 is 2.00 bits per heavy atom. The third-order valence-corrected chi connectivity index (χ3v) is 2.10. The molecule has 3 N–H and O–H groups in total. The van der Waals surface area contributed by atoms with Gasteiger partial charge in [-0.25, -0.2) is 0 Å². The molecule has 0 atom stereocenters. The molecule has 18 heavy (non-hydrogen) atoms. The summed E-state index contributed by atoms with van der Waals surface area (Å²) in [5.41, 5.74) is 7.00. The standard InChI is InChI=1S/C14H25N3O/c1-6-7-8-12(15)17-14(18)13(11(4)5)16-9-10(2)3/h8-10H,6-7,15H2,1-5H3,(H,17,18)/b12-8+,16-9?. The zero-order valence-electron chi connectivity index (χ0n) is 12.1. The lowest BCUT2D eigenvalue weighted by Crippen LogP contribution is -2.28. The van der Waals surface area contributed by atoms with Crippen LogP contribution in [-0.2, 0) is 4.79 Å². The number of rotatable bonds is 6. The molecule has 0 fully saturated rings. The summed E-state index contributed by atoms with van der Waals surface area (Å²) in [4.78, 5) is 16.2. The van der Waals surface area contributed by atoms with E-state index in [9.17, 15) is 4.79 Å². The van der Waals surface area contributed by atoms with E-state index >= 15 is 0 Å². The molecule has 0 rings (SSSR count). The first-order valence-electron chi connectivity index (χ1n) is 6.37. The Hall–Kier alpha value is -1.58. The summed E-state index contributed by atoms with van der Waals surface area (Å²) in [7, 11) is 0. The van der Waals surface area contributed by atoms with Crippen molar-refractivity contribution < 1.29 is 4.79 Å². The normalized spacial score (nSPS) is 12.0. The van der Waals surface area contributed by atoms with Crippen LogP contribution in [0, 0.1) is 5.92 Å². The highest BCUT2D eigenvalue weighted by Crippen LogP contribution is 2.06. The Kier molecular flexibility index (Phi) is 7.76. The van der Waals surface area contributed by atoms with E-state index in [4.69, 9.17) is 5.73 Å². The molecule has 0 saturated heterocycles. The number of amides is 1. The third kappa shape index (κ3) is 6.89. The minimum Gasteiger partial charge on any atom is -0.385 e. The summed E-state index contributed by atoms with van der Waals surface area (Å²) in [6, 6.07) is 0. The summed E-state index contributed by atoms with van der Waals surface area (Å²) < 4.78 is 0. The van der Waals surface area contributed by atoms with Gasteiger partial charge in [-0.3, -0.25) is 9.79 Å². The summed E-state index contributed by atoms with van der Waals surface area (Å²) in [6.07, 6.45) is 5.42. The number of carbonyl (C=O) groups is 1. The predicted octanol–water partition coefficient (Wildman–Crippen LogP) is 2.72. The first kappa shape index (κ1) is 16.4. The summed E-state index contributed by atoms with van der Waals surface area (Å²) in [6.45, 7) is 9.80. The number of aliphatic imine (C=N–C) groups is 1. The highest BCUT2D eigenvalue weighted by atomic mass is 16.2. The van der Waals surface area contributed by atoms with Crippen LogP contribution >= 0.6 is 0 Å². The maximum absolute atomic E-state index is 12.0. The molecule has 0 bridgehead atoms. The van der Waals surface area contributed by atoms with Gasteiger partial charge in [-0.2, -0.15) is 0 Å². The summed E-state index contributed by atoms with van der Waals surface area (Å²) >= 11 is 0. The molecule has 4 heteroatoms. The average molecular weight is 251 g/mol. The molecule has 0 unspecified atom stereocenters. The molecule has 0 aliphatic rings. The number of nitrogens with one attached hydrogen (secondary N) is 1. The molecule has 0 aliphatic heterocycles. The van der Waals surface area contributed by atoms with E-state index in [0.29, 0.717) is 17.4 Å². The van der Waals surface area contributed by atoms with Crippen LogP contribution in [-0.4, -0.2) is 12.1 Å². The van der Waals surface area contributed by atoms with Gasteiger partial charge in [-0.1, -0.05) is 27.2 Å². The second-order valence-electron chi connectivity index (χ2n) is 4.77. The largest absolute Gasteiger partial charge is 0.385 e. The fraction of sp³-hybridized carbons (Fsp3) is 0.571. The average Bonchev–Trinajstić information content (AvgIpc) is 2.25. The molecule has 0 aromatic carbocycles. The zero-order valence-corrected chi connectivity index (χ0v) is 12.1. The van der Waals surface area contributed by atoms with Crippen molar-refractivity contribution >= 4 is 12.1 Å². The molecule has 0 saturated carbocycles. The molecular formula is C14H25N3O. The lowest BCUT2D eigenvalue weighted by Gasteiger charge is -2.07. The fourth-order valence-electron chi connectivity index (χ4n) is 1.18. The Labute approximate surface area is 110 Å². The van der Waals surface area contributed by atoms with Gasteiger partial charge in [0.1, 0.15) is 5.70 Å². The quantitative estimate of drug-likeness (QED) is 0.563. The Morgan fingerprint density at radius 1 is 1.39 bits per heavy atom. The highest BCUT2D eigenvalue weighted by molar-refractivity contribution is 5.96. The Balaban J connectivity index is 4.77. The van der Waals surface area contributed by atoms with Gasteiger partial charge in [0.15, 0.2) is 0 Å². The molecule has 102 valence electrons. The van der Waals surface area contributed by atoms with E-state index in [1.807, 2.05) is 33.8 Å². The van der Waals surface area contributed by atoms with E-state index in [1.54, 1.807) is 6.21 Å². The molecule has 4 nitrogen and oxygen atoms in total. The molecular weight excluding hydrogens is 226 g/mol. The van der Waals surface area contributed by atoms with E-state index < -0.39 is 0 Å². The van der Waals surface area contributed by atoms with Crippen molar-refractivity contribution in [3.63, 3.8) is 0 Å². The highest BCUT2D eigenvalue weighted by Gasteiger charge is 2.10. The van der Waals surface area contributed by atoms with Crippen LogP contribution in [0.4, 0.5) is 0 Å². The van der Waals surface area contributed by atoms with Crippen LogP contribution < -0.4 is 11.1 Å². The topological polar surface area (TPSA) is 67.5 Å². The summed E-state index contributed by atoms with van der Waals surface area (Å²) in [5, 5.41) is 2.65. The van der Waals surface area contributed by atoms with E-state index in [-0.39, 0.29) is 5.91 Å². The van der Waals surface area contributed by atoms with Crippen molar-refractivity contribution in [3.05, 3.63) is 23.2 Å². The third-order valence-electron chi connectivity index (χ3n) is 2.10. The number of nitrogens with two attached hydrogens (primary N) is 1. The molecule has 1 amide bonds. The number of nitrogens with zero attached hydrogens (tertiary/aromatic N) is 1. The minimum atomic E-state index is -0.253. The van der Waals surface area contributed by atoms with E-state index in [1.165, 1.54) is 0 Å². The molecule has 0 aromatic heterocycles. The maximum atomic E-state index is 12.0. The lowest BCUT2D eigenvalue weighted by molar-refractivity contribution is -0.116. The van der Waals surface area contributed by atoms with E-state index in [0.717, 1.165) is 18.4 Å². The molecule has 0 heterocycles. The number of hydrogen-bond acceptors (Lipinski definition) is 3. The Morgan fingerprint density at radius 3 is 2.44 bits per heavy atom. The van der Waals surface area contributed by atoms with Crippen LogP contribution in [0.15, 0.2) is 28.2 Å². The number of allylic oxidation sites excluding steroid dienone is 2. The number of hydrogen-bond donors (Lipinski definition) is 2. The smallest absolute Gasteiger partial charge is 0.275 e. The van der Waals surface area contributed by atoms with Crippen molar-refractivity contribution in [3.8, 4) is 0 Å². The SMILES string of the molecule is CCC/C=C(\N)NC(=O)C(N=CC(C)C)=C(C)C. The first-order valence-corrected chi connectivity index (χ1v) is 6.37. The lowest BCUT2D eigenvalue weighted by atomic mass is 10.2. The first-order chi connectivity index (χ1) is 8.38. The minimum absolute atomic E-state index is 0.253. The van der Waals surface area contributed by atoms with Crippen molar-refractivity contribution in [2.24, 2.45) is 16.6 Å². The van der Waals surface area contributed by atoms with Gasteiger partial charge in [0, 0.05) is 6.21 Å². The van der Waals surface area contributed by atoms with Gasteiger partial charge in [-0.15, -0.1) is 0 Å². The van der Waals surface area contributed by atoms with Crippen LogP contribution in [0.3, 0.4) is 0 Å². The van der Waals surface area contributed by atoms with Crippen LogP contribution in [0.5, 0.6) is 0 Å². The molecule has 0 aromatic rings. The van der Waals surface area contributed by atoms with Crippen LogP contribution in [0.2, 0.25) is 0 Å². The van der Waals surface area contributed by atoms with Crippen molar-refractivity contribution in [1.29, 1.82) is 0 Å². The van der Waals surface area contributed by atoms with E-state index in [2.05, 4.69) is 17.2 Å². The number of carbonyl (C=O) groups excluding carboxylic acids is 1. The fourth-order valence-corrected chi connectivity index (χ4v) is 1.18. The summed E-state index contributed by atoms with van der Waals surface area (Å²) in [5.74, 6) is 0.442. The van der Waals surface area contributed by atoms with Gasteiger partial charge in [-0.05, 0) is 37.8 Å². The monoisotopic (exact) mass is 251 g/mol. The second kappa shape index (κ2) is 8.50. The van der Waals surface area contributed by atoms with Crippen molar-refractivity contribution in [2.75, 3.05) is 0 Å². The van der Waals surface area contributed by atoms with Crippen LogP contribution in [0.1, 0.15) is 47.5 Å². The van der Waals surface area contributed by atoms with Gasteiger partial charge in [0.25, 0.3) is 5.91 Å². The molecule has 0 spiro atoms. The predicted molar refractivity (Wildman–Crippen MR) is 77.0 cm³/mol. The van der Waals surface area contributed by atoms with Gasteiger partial charge >= 0.3 is 0 Å². The Bertz CT molecular complexity index is 361. The second-order valence-corrected chi connectivity index (χ2v) is 4.77. The van der Waals surface area contributed by atoms with Crippen molar-refractivity contribution in [2.45, 2.75) is 47.5 Å². The van der Waals surface area contributed by atoms with Crippen LogP contribution in [0.25, 0.3) is 0 Å². The molecule has 0 radical (unpaired) electrons. The maximum Gasteiger partial charge on any atom is 0.275 e. The van der Waals surface area contributed by atoms with Gasteiger partial charge in [0.05, 0.1) is 5.82 Å². The van der Waals surface area contributed by atoms with Crippen molar-refractivity contribution in [1.82, 2.24) is 5.32 Å². The molecule has 0 aliphatic carbocycles. The number of unbranched alkanes of at least 4 members (excludes halogenated alkanes) is 1. The van der Waals surface area contributed by atoms with Gasteiger partial charge in [0.2, 0.25) is 0 Å².